The van der Waals surface area contributed by atoms with Crippen LogP contribution in [-0.2, 0) is 9.53 Å². The van der Waals surface area contributed by atoms with Gasteiger partial charge in [0.15, 0.2) is 0 Å². The van der Waals surface area contributed by atoms with E-state index in [0.717, 1.165) is 13.2 Å². The Balaban J connectivity index is 3.13. The number of esters is 1. The molecular formula is C12H9F2NO3. The van der Waals surface area contributed by atoms with E-state index in [2.05, 4.69) is 9.47 Å². The Hall–Kier alpha value is -2.42. The van der Waals surface area contributed by atoms with Crippen LogP contribution >= 0.6 is 0 Å². The monoisotopic (exact) mass is 253 g/mol. The van der Waals surface area contributed by atoms with Crippen LogP contribution in [0.3, 0.4) is 0 Å². The lowest BCUT2D eigenvalue weighted by Crippen LogP contribution is -2.05. The summed E-state index contributed by atoms with van der Waals surface area (Å²) in [7, 11) is 1.12. The molecule has 18 heavy (non-hydrogen) atoms. The maximum atomic E-state index is 12.1. The number of carbonyl (C=O) groups is 1. The number of para-hydroxylation sites is 1. The van der Waals surface area contributed by atoms with Crippen LogP contribution in [0.1, 0.15) is 5.56 Å². The van der Waals surface area contributed by atoms with Crippen molar-refractivity contribution in [3.05, 3.63) is 35.4 Å². The molecule has 0 aliphatic rings. The number of benzene rings is 1. The van der Waals surface area contributed by atoms with Gasteiger partial charge in [0.2, 0.25) is 0 Å². The summed E-state index contributed by atoms with van der Waals surface area (Å²) in [6.45, 7) is -2.98. The Morgan fingerprint density at radius 2 is 2.11 bits per heavy atom. The molecule has 0 radical (unpaired) electrons. The normalized spacial score (nSPS) is 10.9. The fourth-order valence-electron chi connectivity index (χ4n) is 1.21. The molecular weight excluding hydrogens is 244 g/mol. The van der Waals surface area contributed by atoms with E-state index < -0.39 is 12.6 Å². The van der Waals surface area contributed by atoms with Gasteiger partial charge in [-0.2, -0.15) is 14.0 Å². The number of rotatable bonds is 4. The lowest BCUT2D eigenvalue weighted by Gasteiger charge is -2.07. The molecule has 0 aliphatic heterocycles. The molecule has 6 heteroatoms. The highest BCUT2D eigenvalue weighted by molar-refractivity contribution is 5.98. The second kappa shape index (κ2) is 6.35. The standard InChI is InChI=1S/C12H9F2NO3/c1-17-11(16)9(7-15)6-8-4-2-3-5-10(8)18-12(13)14/h2-6,12H,1H3/b9-6-. The predicted molar refractivity (Wildman–Crippen MR) is 58.7 cm³/mol. The van der Waals surface area contributed by atoms with Gasteiger partial charge in [0.05, 0.1) is 7.11 Å². The Bertz CT molecular complexity index is 506. The van der Waals surface area contributed by atoms with E-state index in [9.17, 15) is 13.6 Å². The van der Waals surface area contributed by atoms with Crippen molar-refractivity contribution >= 4 is 12.0 Å². The van der Waals surface area contributed by atoms with E-state index >= 15 is 0 Å². The Morgan fingerprint density at radius 3 is 2.67 bits per heavy atom. The van der Waals surface area contributed by atoms with Crippen molar-refractivity contribution in [2.75, 3.05) is 7.11 Å². The zero-order valence-electron chi connectivity index (χ0n) is 9.39. The summed E-state index contributed by atoms with van der Waals surface area (Å²) in [4.78, 5) is 11.2. The average Bonchev–Trinajstić information content (AvgIpc) is 2.36. The molecule has 0 unspecified atom stereocenters. The molecule has 0 atom stereocenters. The van der Waals surface area contributed by atoms with E-state index in [0.29, 0.717) is 0 Å². The Labute approximate surface area is 102 Å². The summed E-state index contributed by atoms with van der Waals surface area (Å²) in [5.74, 6) is -0.964. The van der Waals surface area contributed by atoms with Crippen LogP contribution in [-0.4, -0.2) is 19.7 Å². The van der Waals surface area contributed by atoms with Gasteiger partial charge < -0.3 is 9.47 Å². The molecule has 0 spiro atoms. The second-order valence-corrected chi connectivity index (χ2v) is 3.08. The lowest BCUT2D eigenvalue weighted by atomic mass is 10.1. The molecule has 0 fully saturated rings. The number of alkyl halides is 2. The van der Waals surface area contributed by atoms with E-state index in [-0.39, 0.29) is 16.9 Å². The largest absolute Gasteiger partial charge is 0.465 e. The number of hydrogen-bond donors (Lipinski definition) is 0. The molecule has 0 aromatic heterocycles. The van der Waals surface area contributed by atoms with Crippen LogP contribution in [0.25, 0.3) is 6.08 Å². The van der Waals surface area contributed by atoms with Crippen molar-refractivity contribution in [2.45, 2.75) is 6.61 Å². The first kappa shape index (κ1) is 13.6. The smallest absolute Gasteiger partial charge is 0.387 e. The number of nitriles is 1. The number of halogens is 2. The fourth-order valence-corrected chi connectivity index (χ4v) is 1.21. The minimum absolute atomic E-state index is 0.121. The number of methoxy groups -OCH3 is 1. The topological polar surface area (TPSA) is 59.3 Å². The highest BCUT2D eigenvalue weighted by atomic mass is 19.3. The highest BCUT2D eigenvalue weighted by Crippen LogP contribution is 2.22. The molecule has 0 N–H and O–H groups in total. The first-order valence-corrected chi connectivity index (χ1v) is 4.82. The summed E-state index contributed by atoms with van der Waals surface area (Å²) in [5, 5.41) is 8.75. The summed E-state index contributed by atoms with van der Waals surface area (Å²) in [6.07, 6.45) is 1.13. The fraction of sp³-hybridized carbons (Fsp3) is 0.167. The van der Waals surface area contributed by atoms with Crippen LogP contribution in [0, 0.1) is 11.3 Å². The molecule has 0 saturated carbocycles. The van der Waals surface area contributed by atoms with Gasteiger partial charge in [-0.05, 0) is 12.1 Å². The van der Waals surface area contributed by atoms with Crippen LogP contribution in [0.5, 0.6) is 5.75 Å². The van der Waals surface area contributed by atoms with Crippen molar-refractivity contribution in [2.24, 2.45) is 0 Å². The zero-order chi connectivity index (χ0) is 13.5. The Kier molecular flexibility index (Phi) is 4.81. The average molecular weight is 253 g/mol. The van der Waals surface area contributed by atoms with Gasteiger partial charge in [-0.15, -0.1) is 0 Å². The first-order valence-electron chi connectivity index (χ1n) is 4.82. The molecule has 1 aromatic carbocycles. The van der Waals surface area contributed by atoms with Crippen LogP contribution in [0.15, 0.2) is 29.8 Å². The van der Waals surface area contributed by atoms with Gasteiger partial charge in [-0.3, -0.25) is 0 Å². The van der Waals surface area contributed by atoms with Crippen LogP contribution < -0.4 is 4.74 Å². The van der Waals surface area contributed by atoms with E-state index in [4.69, 9.17) is 5.26 Å². The van der Waals surface area contributed by atoms with Crippen molar-refractivity contribution < 1.29 is 23.0 Å². The van der Waals surface area contributed by atoms with Crippen molar-refractivity contribution in [1.82, 2.24) is 0 Å². The minimum Gasteiger partial charge on any atom is -0.465 e. The molecule has 0 bridgehead atoms. The number of hydrogen-bond acceptors (Lipinski definition) is 4. The van der Waals surface area contributed by atoms with Crippen LogP contribution in [0.4, 0.5) is 8.78 Å². The summed E-state index contributed by atoms with van der Waals surface area (Å²) < 4.78 is 32.9. The first-order chi connectivity index (χ1) is 8.58. The lowest BCUT2D eigenvalue weighted by molar-refractivity contribution is -0.135. The van der Waals surface area contributed by atoms with Gasteiger partial charge in [0, 0.05) is 5.56 Å². The van der Waals surface area contributed by atoms with Gasteiger partial charge >= 0.3 is 12.6 Å². The highest BCUT2D eigenvalue weighted by Gasteiger charge is 2.12. The molecule has 1 aromatic rings. The summed E-state index contributed by atoms with van der Waals surface area (Å²) in [6, 6.07) is 7.44. The molecule has 0 aliphatic carbocycles. The maximum Gasteiger partial charge on any atom is 0.387 e. The van der Waals surface area contributed by atoms with E-state index in [1.165, 1.54) is 18.2 Å². The molecule has 94 valence electrons. The molecule has 0 amide bonds. The van der Waals surface area contributed by atoms with Crippen molar-refractivity contribution in [3.63, 3.8) is 0 Å². The number of nitrogens with zero attached hydrogens (tertiary/aromatic N) is 1. The third-order valence-corrected chi connectivity index (χ3v) is 1.96. The molecule has 0 saturated heterocycles. The molecule has 0 heterocycles. The van der Waals surface area contributed by atoms with Crippen LogP contribution in [0.2, 0.25) is 0 Å². The van der Waals surface area contributed by atoms with Gasteiger partial charge in [0.25, 0.3) is 0 Å². The zero-order valence-corrected chi connectivity index (χ0v) is 9.39. The quantitative estimate of drug-likeness (QED) is 0.469. The van der Waals surface area contributed by atoms with Gasteiger partial charge in [-0.25, -0.2) is 4.79 Å². The van der Waals surface area contributed by atoms with Crippen molar-refractivity contribution in [3.8, 4) is 11.8 Å². The van der Waals surface area contributed by atoms with Crippen molar-refractivity contribution in [1.29, 1.82) is 5.26 Å². The minimum atomic E-state index is -2.98. The predicted octanol–water partition coefficient (Wildman–Crippen LogP) is 2.37. The third-order valence-electron chi connectivity index (χ3n) is 1.96. The van der Waals surface area contributed by atoms with Gasteiger partial charge in [-0.1, -0.05) is 18.2 Å². The maximum absolute atomic E-state index is 12.1. The SMILES string of the molecule is COC(=O)/C(C#N)=C\c1ccccc1OC(F)F. The van der Waals surface area contributed by atoms with Gasteiger partial charge in [0.1, 0.15) is 17.4 Å². The molecule has 1 rings (SSSR count). The molecule has 4 nitrogen and oxygen atoms in total. The third kappa shape index (κ3) is 3.56. The van der Waals surface area contributed by atoms with E-state index in [1.54, 1.807) is 12.1 Å². The Morgan fingerprint density at radius 1 is 1.44 bits per heavy atom. The number of ether oxygens (including phenoxy) is 2. The summed E-state index contributed by atoms with van der Waals surface area (Å²) in [5.41, 5.74) is -0.109. The second-order valence-electron chi connectivity index (χ2n) is 3.08. The summed E-state index contributed by atoms with van der Waals surface area (Å²) >= 11 is 0. The van der Waals surface area contributed by atoms with E-state index in [1.807, 2.05) is 0 Å². The number of carbonyl (C=O) groups excluding carboxylic acids is 1.